The highest BCUT2D eigenvalue weighted by Crippen LogP contribution is 2.24. The predicted octanol–water partition coefficient (Wildman–Crippen LogP) is 0.972. The second-order valence-electron chi connectivity index (χ2n) is 3.93. The Bertz CT molecular complexity index is 181. The molecule has 74 valence electrons. The highest BCUT2D eigenvalue weighted by atomic mass is 15.2. The minimum atomic E-state index is 0.331. The largest absolute Gasteiger partial charge is 0.312 e. The molecule has 0 aromatic heterocycles. The van der Waals surface area contributed by atoms with Gasteiger partial charge in [0.2, 0.25) is 0 Å². The zero-order chi connectivity index (χ0) is 9.68. The molecule has 1 N–H and O–H groups in total. The first-order chi connectivity index (χ1) is 6.24. The highest BCUT2D eigenvalue weighted by molar-refractivity contribution is 4.83. The summed E-state index contributed by atoms with van der Waals surface area (Å²) in [6.07, 6.45) is 3.33. The van der Waals surface area contributed by atoms with E-state index in [1.807, 2.05) is 0 Å². The molecule has 0 spiro atoms. The lowest BCUT2D eigenvalue weighted by molar-refractivity contribution is 0.316. The van der Waals surface area contributed by atoms with E-state index in [0.29, 0.717) is 12.5 Å². The summed E-state index contributed by atoms with van der Waals surface area (Å²) in [6.45, 7) is 4.15. The molecule has 0 heterocycles. The van der Waals surface area contributed by atoms with E-state index in [9.17, 15) is 0 Å². The molecule has 1 saturated carbocycles. The van der Waals surface area contributed by atoms with Crippen LogP contribution < -0.4 is 5.32 Å². The fourth-order valence-corrected chi connectivity index (χ4v) is 1.39. The standard InChI is InChI=1S/C10H19N3/c1-9(5-6-11)12-7-8-13(2)10-3-4-10/h9-10,12H,3-5,7-8H2,1-2H3. The van der Waals surface area contributed by atoms with Crippen LogP contribution in [0.2, 0.25) is 0 Å². The van der Waals surface area contributed by atoms with E-state index < -0.39 is 0 Å². The maximum Gasteiger partial charge on any atom is 0.0638 e. The van der Waals surface area contributed by atoms with Crippen molar-refractivity contribution in [3.8, 4) is 6.07 Å². The van der Waals surface area contributed by atoms with E-state index in [2.05, 4.69) is 30.3 Å². The summed E-state index contributed by atoms with van der Waals surface area (Å²) < 4.78 is 0. The van der Waals surface area contributed by atoms with Crippen molar-refractivity contribution in [2.75, 3.05) is 20.1 Å². The number of hydrogen-bond acceptors (Lipinski definition) is 3. The lowest BCUT2D eigenvalue weighted by Crippen LogP contribution is -2.34. The number of nitrogens with zero attached hydrogens (tertiary/aromatic N) is 2. The SMILES string of the molecule is CC(CC#N)NCCN(C)C1CC1. The van der Waals surface area contributed by atoms with Gasteiger partial charge in [0.15, 0.2) is 0 Å². The van der Waals surface area contributed by atoms with Gasteiger partial charge in [0, 0.05) is 25.2 Å². The van der Waals surface area contributed by atoms with Crippen LogP contribution >= 0.6 is 0 Å². The fraction of sp³-hybridized carbons (Fsp3) is 0.900. The van der Waals surface area contributed by atoms with Crippen LogP contribution in [0.5, 0.6) is 0 Å². The molecule has 0 bridgehead atoms. The summed E-state index contributed by atoms with van der Waals surface area (Å²) in [4.78, 5) is 2.39. The van der Waals surface area contributed by atoms with Gasteiger partial charge in [-0.1, -0.05) is 0 Å². The Kier molecular flexibility index (Phi) is 4.20. The smallest absolute Gasteiger partial charge is 0.0638 e. The van der Waals surface area contributed by atoms with Crippen molar-refractivity contribution in [1.29, 1.82) is 5.26 Å². The van der Waals surface area contributed by atoms with Gasteiger partial charge in [-0.15, -0.1) is 0 Å². The molecule has 0 radical (unpaired) electrons. The number of hydrogen-bond donors (Lipinski definition) is 1. The second kappa shape index (κ2) is 5.21. The van der Waals surface area contributed by atoms with Crippen molar-refractivity contribution < 1.29 is 0 Å². The van der Waals surface area contributed by atoms with Crippen molar-refractivity contribution in [3.05, 3.63) is 0 Å². The molecular weight excluding hydrogens is 162 g/mol. The molecule has 1 unspecified atom stereocenters. The van der Waals surface area contributed by atoms with Crippen LogP contribution in [0.25, 0.3) is 0 Å². The van der Waals surface area contributed by atoms with E-state index in [0.717, 1.165) is 19.1 Å². The normalized spacial score (nSPS) is 18.6. The molecule has 1 atom stereocenters. The molecule has 0 saturated heterocycles. The first-order valence-electron chi connectivity index (χ1n) is 5.04. The van der Waals surface area contributed by atoms with E-state index in [1.165, 1.54) is 12.8 Å². The Hall–Kier alpha value is -0.590. The second-order valence-corrected chi connectivity index (χ2v) is 3.93. The number of likely N-dealkylation sites (N-methyl/N-ethyl adjacent to an activating group) is 1. The van der Waals surface area contributed by atoms with E-state index >= 15 is 0 Å². The fourth-order valence-electron chi connectivity index (χ4n) is 1.39. The Morgan fingerprint density at radius 2 is 2.31 bits per heavy atom. The maximum atomic E-state index is 8.44. The van der Waals surface area contributed by atoms with Crippen LogP contribution in [0.3, 0.4) is 0 Å². The third-order valence-corrected chi connectivity index (χ3v) is 2.53. The summed E-state index contributed by atoms with van der Waals surface area (Å²) in [5.74, 6) is 0. The van der Waals surface area contributed by atoms with Gasteiger partial charge in [-0.05, 0) is 26.8 Å². The van der Waals surface area contributed by atoms with Gasteiger partial charge >= 0.3 is 0 Å². The lowest BCUT2D eigenvalue weighted by Gasteiger charge is -2.17. The zero-order valence-corrected chi connectivity index (χ0v) is 8.58. The van der Waals surface area contributed by atoms with Crippen molar-refractivity contribution in [3.63, 3.8) is 0 Å². The minimum absolute atomic E-state index is 0.331. The summed E-state index contributed by atoms with van der Waals surface area (Å²) >= 11 is 0. The highest BCUT2D eigenvalue weighted by Gasteiger charge is 2.25. The molecule has 0 aromatic rings. The van der Waals surface area contributed by atoms with Crippen LogP contribution in [0.4, 0.5) is 0 Å². The molecule has 1 fully saturated rings. The maximum absolute atomic E-state index is 8.44. The summed E-state index contributed by atoms with van der Waals surface area (Å²) in [6, 6.07) is 3.34. The third kappa shape index (κ3) is 4.25. The van der Waals surface area contributed by atoms with Gasteiger partial charge in [0.25, 0.3) is 0 Å². The van der Waals surface area contributed by atoms with Gasteiger partial charge in [0.05, 0.1) is 12.5 Å². The van der Waals surface area contributed by atoms with Crippen LogP contribution in [0.1, 0.15) is 26.2 Å². The van der Waals surface area contributed by atoms with Crippen LogP contribution in [0, 0.1) is 11.3 Å². The van der Waals surface area contributed by atoms with E-state index in [4.69, 9.17) is 5.26 Å². The Morgan fingerprint density at radius 3 is 2.85 bits per heavy atom. The van der Waals surface area contributed by atoms with E-state index in [1.54, 1.807) is 0 Å². The molecule has 13 heavy (non-hydrogen) atoms. The van der Waals surface area contributed by atoms with Crippen molar-refractivity contribution in [1.82, 2.24) is 10.2 Å². The predicted molar refractivity (Wildman–Crippen MR) is 53.3 cm³/mol. The first kappa shape index (κ1) is 10.5. The zero-order valence-electron chi connectivity index (χ0n) is 8.58. The average Bonchev–Trinajstić information content (AvgIpc) is 2.86. The molecule has 0 aromatic carbocycles. The molecule has 1 aliphatic carbocycles. The van der Waals surface area contributed by atoms with E-state index in [-0.39, 0.29) is 0 Å². The number of nitrogens with one attached hydrogen (secondary N) is 1. The van der Waals surface area contributed by atoms with Crippen LogP contribution in [-0.2, 0) is 0 Å². The quantitative estimate of drug-likeness (QED) is 0.663. The molecule has 1 rings (SSSR count). The molecule has 0 amide bonds. The van der Waals surface area contributed by atoms with Gasteiger partial charge < -0.3 is 10.2 Å². The molecular formula is C10H19N3. The summed E-state index contributed by atoms with van der Waals surface area (Å²) in [5.41, 5.74) is 0. The topological polar surface area (TPSA) is 39.1 Å². The van der Waals surface area contributed by atoms with Gasteiger partial charge in [-0.25, -0.2) is 0 Å². The molecule has 3 heteroatoms. The minimum Gasteiger partial charge on any atom is -0.312 e. The van der Waals surface area contributed by atoms with Crippen molar-refractivity contribution in [2.24, 2.45) is 0 Å². The van der Waals surface area contributed by atoms with Crippen LogP contribution in [0.15, 0.2) is 0 Å². The van der Waals surface area contributed by atoms with Gasteiger partial charge in [-0.3, -0.25) is 0 Å². The van der Waals surface area contributed by atoms with Gasteiger partial charge in [0.1, 0.15) is 0 Å². The molecule has 3 nitrogen and oxygen atoms in total. The average molecular weight is 181 g/mol. The monoisotopic (exact) mass is 181 g/mol. The number of nitriles is 1. The van der Waals surface area contributed by atoms with Gasteiger partial charge in [-0.2, -0.15) is 5.26 Å². The Morgan fingerprint density at radius 1 is 1.62 bits per heavy atom. The van der Waals surface area contributed by atoms with Crippen LogP contribution in [-0.4, -0.2) is 37.1 Å². The number of rotatable bonds is 6. The summed E-state index contributed by atoms with van der Waals surface area (Å²) in [5, 5.41) is 11.8. The molecule has 0 aliphatic heterocycles. The molecule has 1 aliphatic rings. The summed E-state index contributed by atoms with van der Waals surface area (Å²) in [7, 11) is 2.17. The Labute approximate surface area is 80.7 Å². The van der Waals surface area contributed by atoms with Crippen molar-refractivity contribution >= 4 is 0 Å². The lowest BCUT2D eigenvalue weighted by atomic mass is 10.2. The third-order valence-electron chi connectivity index (χ3n) is 2.53. The Balaban J connectivity index is 1.96. The first-order valence-corrected chi connectivity index (χ1v) is 5.04. The van der Waals surface area contributed by atoms with Crippen molar-refractivity contribution in [2.45, 2.75) is 38.3 Å².